The highest BCUT2D eigenvalue weighted by molar-refractivity contribution is 5.92. The molecule has 3 nitrogen and oxygen atoms in total. The summed E-state index contributed by atoms with van der Waals surface area (Å²) in [6.07, 6.45) is 5.54. The first-order chi connectivity index (χ1) is 10.7. The molecule has 0 saturated carbocycles. The summed E-state index contributed by atoms with van der Waals surface area (Å²) < 4.78 is 7.71. The number of aryl methyl sites for hydroxylation is 1. The molecule has 0 amide bonds. The molecule has 3 rings (SSSR count). The summed E-state index contributed by atoms with van der Waals surface area (Å²) in [6, 6.07) is 12.1. The molecular formula is C19H18N2O. The van der Waals surface area contributed by atoms with Crippen LogP contribution in [0.4, 0.5) is 0 Å². The van der Waals surface area contributed by atoms with E-state index in [2.05, 4.69) is 25.3 Å². The first-order valence-electron chi connectivity index (χ1n) is 7.19. The number of rotatable bonds is 5. The van der Waals surface area contributed by atoms with Crippen molar-refractivity contribution >= 4 is 10.9 Å². The van der Waals surface area contributed by atoms with Gasteiger partial charge in [0.15, 0.2) is 5.76 Å². The Morgan fingerprint density at radius 2 is 2.05 bits per heavy atom. The van der Waals surface area contributed by atoms with Gasteiger partial charge in [0.25, 0.3) is 0 Å². The number of aromatic nitrogens is 2. The average molecular weight is 290 g/mol. The minimum atomic E-state index is 0.649. The first kappa shape index (κ1) is 14.1. The topological polar surface area (TPSA) is 31.0 Å². The zero-order chi connectivity index (χ0) is 15.5. The molecule has 0 bridgehead atoms. The van der Waals surface area contributed by atoms with Crippen LogP contribution in [0.5, 0.6) is 0 Å². The maximum atomic E-state index is 5.74. The van der Waals surface area contributed by atoms with E-state index >= 15 is 0 Å². The molecule has 0 atom stereocenters. The molecule has 0 saturated heterocycles. The van der Waals surface area contributed by atoms with Crippen LogP contribution in [0, 0.1) is 6.92 Å². The van der Waals surface area contributed by atoms with Crippen molar-refractivity contribution in [2.75, 3.05) is 0 Å². The number of hydrogen-bond donors (Lipinski definition) is 0. The van der Waals surface area contributed by atoms with Gasteiger partial charge >= 0.3 is 0 Å². The smallest absolute Gasteiger partial charge is 0.155 e. The van der Waals surface area contributed by atoms with Crippen LogP contribution in [0.3, 0.4) is 0 Å². The van der Waals surface area contributed by atoms with Crippen molar-refractivity contribution in [1.82, 2.24) is 9.78 Å². The highest BCUT2D eigenvalue weighted by Gasteiger charge is 2.14. The van der Waals surface area contributed by atoms with E-state index in [1.54, 1.807) is 6.08 Å². The monoisotopic (exact) mass is 290 g/mol. The van der Waals surface area contributed by atoms with Gasteiger partial charge in [-0.2, -0.15) is 5.10 Å². The number of nitrogens with zero attached hydrogens (tertiary/aromatic N) is 2. The predicted molar refractivity (Wildman–Crippen MR) is 90.6 cm³/mol. The van der Waals surface area contributed by atoms with Crippen LogP contribution in [0.2, 0.25) is 0 Å². The third kappa shape index (κ3) is 2.53. The normalized spacial score (nSPS) is 11.8. The van der Waals surface area contributed by atoms with Crippen molar-refractivity contribution in [3.05, 3.63) is 79.1 Å². The highest BCUT2D eigenvalue weighted by atomic mass is 16.3. The summed E-state index contributed by atoms with van der Waals surface area (Å²) in [5, 5.41) is 5.83. The van der Waals surface area contributed by atoms with E-state index in [1.807, 2.05) is 48.0 Å². The predicted octanol–water partition coefficient (Wildman–Crippen LogP) is 4.90. The Morgan fingerprint density at radius 1 is 1.23 bits per heavy atom. The van der Waals surface area contributed by atoms with E-state index in [0.717, 1.165) is 33.7 Å². The van der Waals surface area contributed by atoms with Crippen LogP contribution < -0.4 is 0 Å². The maximum Gasteiger partial charge on any atom is 0.155 e. The summed E-state index contributed by atoms with van der Waals surface area (Å²) in [5.74, 6) is 1.67. The van der Waals surface area contributed by atoms with E-state index in [9.17, 15) is 0 Å². The van der Waals surface area contributed by atoms with Gasteiger partial charge in [0.1, 0.15) is 11.5 Å². The maximum absolute atomic E-state index is 5.74. The van der Waals surface area contributed by atoms with E-state index in [4.69, 9.17) is 9.52 Å². The molecule has 1 aromatic carbocycles. The fraction of sp³-hybridized carbons (Fsp3) is 0.105. The molecule has 0 spiro atoms. The summed E-state index contributed by atoms with van der Waals surface area (Å²) in [7, 11) is 0. The van der Waals surface area contributed by atoms with Crippen LogP contribution in [0.1, 0.15) is 5.76 Å². The van der Waals surface area contributed by atoms with Gasteiger partial charge in [-0.05, 0) is 30.7 Å². The van der Waals surface area contributed by atoms with E-state index in [0.29, 0.717) is 6.54 Å². The minimum Gasteiger partial charge on any atom is -0.460 e. The molecule has 110 valence electrons. The lowest BCUT2D eigenvalue weighted by Crippen LogP contribution is -2.01. The third-order valence-electron chi connectivity index (χ3n) is 3.56. The van der Waals surface area contributed by atoms with Gasteiger partial charge in [-0.15, -0.1) is 0 Å². The molecule has 0 aliphatic carbocycles. The lowest BCUT2D eigenvalue weighted by Gasteiger charge is -2.03. The largest absolute Gasteiger partial charge is 0.460 e. The van der Waals surface area contributed by atoms with Gasteiger partial charge in [-0.3, -0.25) is 4.68 Å². The Morgan fingerprint density at radius 3 is 2.73 bits per heavy atom. The van der Waals surface area contributed by atoms with Crippen molar-refractivity contribution in [3.63, 3.8) is 0 Å². The Balaban J connectivity index is 2.14. The van der Waals surface area contributed by atoms with Gasteiger partial charge in [0.05, 0.1) is 12.1 Å². The zero-order valence-electron chi connectivity index (χ0n) is 12.6. The first-order valence-corrected chi connectivity index (χ1v) is 7.19. The third-order valence-corrected chi connectivity index (χ3v) is 3.56. The lowest BCUT2D eigenvalue weighted by atomic mass is 10.2. The fourth-order valence-electron chi connectivity index (χ4n) is 2.50. The van der Waals surface area contributed by atoms with Crippen molar-refractivity contribution in [1.29, 1.82) is 0 Å². The Kier molecular flexibility index (Phi) is 3.79. The molecule has 2 aromatic heterocycles. The van der Waals surface area contributed by atoms with Gasteiger partial charge in [0.2, 0.25) is 0 Å². The van der Waals surface area contributed by atoms with Gasteiger partial charge in [0, 0.05) is 5.39 Å². The van der Waals surface area contributed by atoms with Crippen LogP contribution >= 0.6 is 0 Å². The molecule has 3 aromatic rings. The van der Waals surface area contributed by atoms with Crippen LogP contribution in [0.15, 0.2) is 77.8 Å². The second-order valence-corrected chi connectivity index (χ2v) is 5.12. The average Bonchev–Trinajstić information content (AvgIpc) is 3.11. The molecule has 0 radical (unpaired) electrons. The lowest BCUT2D eigenvalue weighted by molar-refractivity contribution is 0.544. The molecule has 0 aliphatic rings. The van der Waals surface area contributed by atoms with Gasteiger partial charge < -0.3 is 4.42 Å². The molecule has 0 fully saturated rings. The second-order valence-electron chi connectivity index (χ2n) is 5.12. The molecule has 2 heterocycles. The summed E-state index contributed by atoms with van der Waals surface area (Å²) >= 11 is 0. The van der Waals surface area contributed by atoms with Gasteiger partial charge in [-0.25, -0.2) is 0 Å². The van der Waals surface area contributed by atoms with E-state index in [1.165, 1.54) is 0 Å². The Bertz CT molecular complexity index is 865. The number of para-hydroxylation sites is 1. The van der Waals surface area contributed by atoms with E-state index < -0.39 is 0 Å². The Hall–Kier alpha value is -2.81. The van der Waals surface area contributed by atoms with Crippen LogP contribution in [-0.4, -0.2) is 9.78 Å². The number of allylic oxidation sites excluding steroid dienone is 4. The standard InChI is InChI=1S/C19H18N2O/c1-4-8-15(5-2)13-21-17-10-7-6-9-16(17)19(20-21)18-12-11-14(3)22-18/h4-12H,1-2,13H2,3H3/b15-8+. The summed E-state index contributed by atoms with van der Waals surface area (Å²) in [5.41, 5.74) is 3.00. The Labute approximate surface area is 129 Å². The van der Waals surface area contributed by atoms with Crippen molar-refractivity contribution in [2.24, 2.45) is 0 Å². The number of furan rings is 1. The molecule has 0 unspecified atom stereocenters. The quantitative estimate of drug-likeness (QED) is 0.625. The SMILES string of the molecule is C=C/C=C(\C=C)Cn1nc(-c2ccc(C)o2)c2ccccc21. The molecular weight excluding hydrogens is 272 g/mol. The number of fused-ring (bicyclic) bond motifs is 1. The van der Waals surface area contributed by atoms with Crippen molar-refractivity contribution < 1.29 is 4.42 Å². The number of benzene rings is 1. The van der Waals surface area contributed by atoms with Crippen molar-refractivity contribution in [3.8, 4) is 11.5 Å². The van der Waals surface area contributed by atoms with Gasteiger partial charge in [-0.1, -0.05) is 49.6 Å². The molecule has 22 heavy (non-hydrogen) atoms. The van der Waals surface area contributed by atoms with Crippen LogP contribution in [0.25, 0.3) is 22.4 Å². The molecule has 0 N–H and O–H groups in total. The zero-order valence-corrected chi connectivity index (χ0v) is 12.6. The summed E-state index contributed by atoms with van der Waals surface area (Å²) in [6.45, 7) is 10.2. The highest BCUT2D eigenvalue weighted by Crippen LogP contribution is 2.29. The molecule has 0 aliphatic heterocycles. The fourth-order valence-corrected chi connectivity index (χ4v) is 2.50. The van der Waals surface area contributed by atoms with Crippen LogP contribution in [-0.2, 0) is 6.54 Å². The number of hydrogen-bond acceptors (Lipinski definition) is 2. The summed E-state index contributed by atoms with van der Waals surface area (Å²) in [4.78, 5) is 0. The van der Waals surface area contributed by atoms with E-state index in [-0.39, 0.29) is 0 Å². The minimum absolute atomic E-state index is 0.649. The molecule has 3 heteroatoms. The van der Waals surface area contributed by atoms with Crippen molar-refractivity contribution in [2.45, 2.75) is 13.5 Å². The second kappa shape index (κ2) is 5.90.